The first-order chi connectivity index (χ1) is 12.5. The van der Waals surface area contributed by atoms with Crippen molar-refractivity contribution in [3.63, 3.8) is 0 Å². The fourth-order valence-corrected chi connectivity index (χ4v) is 4.50. The molecule has 0 spiro atoms. The highest BCUT2D eigenvalue weighted by atomic mass is 32.1. The Bertz CT molecular complexity index is 755. The lowest BCUT2D eigenvalue weighted by Gasteiger charge is -2.41. The number of thiophene rings is 1. The third kappa shape index (κ3) is 3.98. The molecule has 0 radical (unpaired) electrons. The first kappa shape index (κ1) is 18.6. The number of hydrogen-bond acceptors (Lipinski definition) is 3. The number of carbonyl (C=O) groups excluding carboxylic acids is 2. The molecule has 3 rings (SSSR count). The standard InChI is InChI=1S/C21H26N2O2S/c1-2-5-19(24)23-12-4-11-21(15-23,20(22)25)14-16-7-9-17(10-8-16)18-6-3-13-26-18/h3,6-10,13H,2,4-5,11-12,14-15H2,1H3,(H2,22,25)/t21-/m0/s1. The van der Waals surface area contributed by atoms with Gasteiger partial charge in [0.25, 0.3) is 0 Å². The molecule has 1 saturated heterocycles. The van der Waals surface area contributed by atoms with Crippen LogP contribution >= 0.6 is 11.3 Å². The number of piperidine rings is 1. The summed E-state index contributed by atoms with van der Waals surface area (Å²) in [6.07, 6.45) is 3.51. The molecule has 2 aromatic rings. The predicted octanol–water partition coefficient (Wildman–Crippen LogP) is 3.85. The number of primary amides is 1. The Kier molecular flexibility index (Phi) is 5.77. The molecule has 0 bridgehead atoms. The van der Waals surface area contributed by atoms with E-state index in [9.17, 15) is 9.59 Å². The highest BCUT2D eigenvalue weighted by Crippen LogP contribution is 2.35. The number of rotatable bonds is 6. The molecule has 1 aliphatic rings. The van der Waals surface area contributed by atoms with Crippen molar-refractivity contribution in [3.05, 3.63) is 47.3 Å². The number of amides is 2. The zero-order valence-corrected chi connectivity index (χ0v) is 16.1. The van der Waals surface area contributed by atoms with Crippen LogP contribution in [0.1, 0.15) is 38.2 Å². The summed E-state index contributed by atoms with van der Waals surface area (Å²) in [6.45, 7) is 3.16. The van der Waals surface area contributed by atoms with Gasteiger partial charge in [0.1, 0.15) is 0 Å². The molecule has 2 heterocycles. The van der Waals surface area contributed by atoms with Crippen molar-refractivity contribution in [2.75, 3.05) is 13.1 Å². The molecule has 0 saturated carbocycles. The Morgan fingerprint density at radius 1 is 1.23 bits per heavy atom. The van der Waals surface area contributed by atoms with E-state index in [1.54, 1.807) is 11.3 Å². The monoisotopic (exact) mass is 370 g/mol. The molecule has 26 heavy (non-hydrogen) atoms. The molecule has 0 unspecified atom stereocenters. The summed E-state index contributed by atoms with van der Waals surface area (Å²) in [5.74, 6) is -0.167. The summed E-state index contributed by atoms with van der Waals surface area (Å²) >= 11 is 1.71. The van der Waals surface area contributed by atoms with Crippen LogP contribution in [0.4, 0.5) is 0 Å². The molecule has 1 aromatic carbocycles. The summed E-state index contributed by atoms with van der Waals surface area (Å²) in [5.41, 5.74) is 7.43. The van der Waals surface area contributed by atoms with E-state index in [-0.39, 0.29) is 11.8 Å². The molecular formula is C21H26N2O2S. The number of likely N-dealkylation sites (tertiary alicyclic amines) is 1. The highest BCUT2D eigenvalue weighted by Gasteiger charge is 2.41. The molecule has 2 amide bonds. The van der Waals surface area contributed by atoms with Gasteiger partial charge in [0.05, 0.1) is 5.41 Å². The van der Waals surface area contributed by atoms with Crippen LogP contribution in [-0.4, -0.2) is 29.8 Å². The van der Waals surface area contributed by atoms with Crippen LogP contribution < -0.4 is 5.73 Å². The van der Waals surface area contributed by atoms with Gasteiger partial charge in [0.15, 0.2) is 0 Å². The van der Waals surface area contributed by atoms with E-state index in [1.807, 2.05) is 17.9 Å². The second kappa shape index (κ2) is 8.04. The van der Waals surface area contributed by atoms with Crippen molar-refractivity contribution in [2.24, 2.45) is 11.1 Å². The van der Waals surface area contributed by atoms with Gasteiger partial charge in [-0.25, -0.2) is 0 Å². The Morgan fingerprint density at radius 2 is 2.00 bits per heavy atom. The predicted molar refractivity (Wildman–Crippen MR) is 106 cm³/mol. The van der Waals surface area contributed by atoms with E-state index in [0.29, 0.717) is 19.4 Å². The number of benzene rings is 1. The minimum Gasteiger partial charge on any atom is -0.369 e. The maximum absolute atomic E-state index is 12.3. The van der Waals surface area contributed by atoms with Gasteiger partial charge in [-0.2, -0.15) is 0 Å². The van der Waals surface area contributed by atoms with Gasteiger partial charge in [0.2, 0.25) is 11.8 Å². The number of carbonyl (C=O) groups is 2. The highest BCUT2D eigenvalue weighted by molar-refractivity contribution is 7.13. The Balaban J connectivity index is 1.77. The number of nitrogens with two attached hydrogens (primary N) is 1. The molecule has 1 fully saturated rings. The minimum atomic E-state index is -0.661. The third-order valence-electron chi connectivity index (χ3n) is 5.22. The fraction of sp³-hybridized carbons (Fsp3) is 0.429. The van der Waals surface area contributed by atoms with Crippen molar-refractivity contribution >= 4 is 23.2 Å². The van der Waals surface area contributed by atoms with Crippen LogP contribution in [-0.2, 0) is 16.0 Å². The lowest BCUT2D eigenvalue weighted by atomic mass is 9.74. The molecule has 2 N–H and O–H groups in total. The van der Waals surface area contributed by atoms with E-state index >= 15 is 0 Å². The van der Waals surface area contributed by atoms with Crippen LogP contribution in [0.25, 0.3) is 10.4 Å². The molecule has 4 nitrogen and oxygen atoms in total. The van der Waals surface area contributed by atoms with E-state index in [0.717, 1.165) is 31.4 Å². The van der Waals surface area contributed by atoms with Crippen LogP contribution in [0.3, 0.4) is 0 Å². The summed E-state index contributed by atoms with van der Waals surface area (Å²) in [5, 5.41) is 2.06. The van der Waals surface area contributed by atoms with Gasteiger partial charge in [-0.15, -0.1) is 11.3 Å². The largest absolute Gasteiger partial charge is 0.369 e. The first-order valence-electron chi connectivity index (χ1n) is 9.24. The summed E-state index contributed by atoms with van der Waals surface area (Å²) in [4.78, 5) is 27.7. The van der Waals surface area contributed by atoms with Crippen molar-refractivity contribution in [2.45, 2.75) is 39.0 Å². The first-order valence-corrected chi connectivity index (χ1v) is 10.1. The summed E-state index contributed by atoms with van der Waals surface area (Å²) in [7, 11) is 0. The summed E-state index contributed by atoms with van der Waals surface area (Å²) < 4.78 is 0. The number of nitrogens with zero attached hydrogens (tertiary/aromatic N) is 1. The maximum atomic E-state index is 12.3. The topological polar surface area (TPSA) is 63.4 Å². The Hall–Kier alpha value is -2.14. The van der Waals surface area contributed by atoms with Gasteiger partial charge in [0, 0.05) is 24.4 Å². The molecule has 5 heteroatoms. The van der Waals surface area contributed by atoms with Crippen LogP contribution in [0.2, 0.25) is 0 Å². The van der Waals surface area contributed by atoms with Crippen molar-refractivity contribution in [1.29, 1.82) is 0 Å². The average molecular weight is 371 g/mol. The second-order valence-corrected chi connectivity index (χ2v) is 8.11. The average Bonchev–Trinajstić information content (AvgIpc) is 3.17. The van der Waals surface area contributed by atoms with Gasteiger partial charge in [-0.3, -0.25) is 9.59 Å². The Labute approximate surface area is 159 Å². The Morgan fingerprint density at radius 3 is 2.62 bits per heavy atom. The van der Waals surface area contributed by atoms with Crippen LogP contribution in [0, 0.1) is 5.41 Å². The maximum Gasteiger partial charge on any atom is 0.225 e. The summed E-state index contributed by atoms with van der Waals surface area (Å²) in [6, 6.07) is 12.5. The molecule has 138 valence electrons. The van der Waals surface area contributed by atoms with E-state index in [2.05, 4.69) is 35.7 Å². The second-order valence-electron chi connectivity index (χ2n) is 7.16. The van der Waals surface area contributed by atoms with Gasteiger partial charge in [-0.05, 0) is 48.3 Å². The fourth-order valence-electron chi connectivity index (χ4n) is 3.77. The molecule has 1 atom stereocenters. The van der Waals surface area contributed by atoms with Gasteiger partial charge in [-0.1, -0.05) is 37.3 Å². The number of hydrogen-bond donors (Lipinski definition) is 1. The van der Waals surface area contributed by atoms with Gasteiger partial charge >= 0.3 is 0 Å². The van der Waals surface area contributed by atoms with E-state index < -0.39 is 5.41 Å². The SMILES string of the molecule is CCCC(=O)N1CCC[C@@](Cc2ccc(-c3cccs3)cc2)(C(N)=O)C1. The third-order valence-corrected chi connectivity index (χ3v) is 6.14. The normalized spacial score (nSPS) is 20.1. The molecular weight excluding hydrogens is 344 g/mol. The molecule has 1 aliphatic heterocycles. The van der Waals surface area contributed by atoms with Crippen molar-refractivity contribution in [3.8, 4) is 10.4 Å². The minimum absolute atomic E-state index is 0.130. The van der Waals surface area contributed by atoms with Gasteiger partial charge < -0.3 is 10.6 Å². The van der Waals surface area contributed by atoms with E-state index in [4.69, 9.17) is 5.73 Å². The molecule has 0 aliphatic carbocycles. The zero-order chi connectivity index (χ0) is 18.6. The van der Waals surface area contributed by atoms with Crippen molar-refractivity contribution in [1.82, 2.24) is 4.90 Å². The molecule has 1 aromatic heterocycles. The quantitative estimate of drug-likeness (QED) is 0.839. The lowest BCUT2D eigenvalue weighted by molar-refractivity contribution is -0.140. The van der Waals surface area contributed by atoms with Crippen LogP contribution in [0.5, 0.6) is 0 Å². The van der Waals surface area contributed by atoms with Crippen LogP contribution in [0.15, 0.2) is 41.8 Å². The zero-order valence-electron chi connectivity index (χ0n) is 15.2. The smallest absolute Gasteiger partial charge is 0.225 e. The van der Waals surface area contributed by atoms with E-state index in [1.165, 1.54) is 10.4 Å². The van der Waals surface area contributed by atoms with Crippen molar-refractivity contribution < 1.29 is 9.59 Å². The lowest BCUT2D eigenvalue weighted by Crippen LogP contribution is -2.53.